The lowest BCUT2D eigenvalue weighted by Crippen LogP contribution is -2.36. The Labute approximate surface area is 83.8 Å². The normalized spacial score (nSPS) is 20.8. The largest absolute Gasteiger partial charge is 0.399 e. The first-order valence-electron chi connectivity index (χ1n) is 4.77. The van der Waals surface area contributed by atoms with E-state index in [2.05, 4.69) is 39.6 Å². The third-order valence-corrected chi connectivity index (χ3v) is 2.46. The van der Waals surface area contributed by atoms with Gasteiger partial charge in [0, 0.05) is 6.54 Å². The molecule has 1 N–H and O–H groups in total. The van der Waals surface area contributed by atoms with Gasteiger partial charge in [-0.2, -0.15) is 0 Å². The Balaban J connectivity index is 2.09. The van der Waals surface area contributed by atoms with Gasteiger partial charge >= 0.3 is 0 Å². The molecule has 2 rings (SSSR count). The second-order valence-corrected chi connectivity index (χ2v) is 3.40. The zero-order chi connectivity index (χ0) is 9.80. The number of nitrogens with one attached hydrogen (secondary N) is 1. The maximum Gasteiger partial charge on any atom is 0.106 e. The van der Waals surface area contributed by atoms with Crippen LogP contribution >= 0.6 is 0 Å². The minimum absolute atomic E-state index is 0.296. The van der Waals surface area contributed by atoms with Crippen molar-refractivity contribution in [1.29, 1.82) is 0 Å². The fourth-order valence-electron chi connectivity index (χ4n) is 1.72. The minimum Gasteiger partial charge on any atom is -0.399 e. The summed E-state index contributed by atoms with van der Waals surface area (Å²) >= 11 is 0. The van der Waals surface area contributed by atoms with Crippen LogP contribution in [0.15, 0.2) is 29.4 Å². The molecule has 3 nitrogen and oxygen atoms in total. The van der Waals surface area contributed by atoms with E-state index in [1.165, 1.54) is 11.1 Å². The Hall–Kier alpha value is -1.35. The van der Waals surface area contributed by atoms with Gasteiger partial charge in [-0.3, -0.25) is 0 Å². The average Bonchev–Trinajstić information content (AvgIpc) is 2.26. The van der Waals surface area contributed by atoms with Gasteiger partial charge in [-0.1, -0.05) is 29.4 Å². The summed E-state index contributed by atoms with van der Waals surface area (Å²) in [7, 11) is 1.56. The fraction of sp³-hybridized carbons (Fsp3) is 0.364. The molecular weight excluding hydrogens is 176 g/mol. The summed E-state index contributed by atoms with van der Waals surface area (Å²) in [6.07, 6.45) is 2.80. The second-order valence-electron chi connectivity index (χ2n) is 3.40. The molecule has 74 valence electrons. The standard InChI is InChI=1S/C11H14N2O/c1-14-13-8-11-6-9-4-2-3-5-10(9)7-12-11/h2-5,8,11-12H,6-7H2,1H3/b13-8+. The first-order chi connectivity index (χ1) is 6.90. The van der Waals surface area contributed by atoms with Gasteiger partial charge in [0.15, 0.2) is 0 Å². The van der Waals surface area contributed by atoms with Crippen LogP contribution < -0.4 is 5.32 Å². The predicted molar refractivity (Wildman–Crippen MR) is 56.3 cm³/mol. The van der Waals surface area contributed by atoms with Crippen LogP contribution in [0, 0.1) is 0 Å². The zero-order valence-corrected chi connectivity index (χ0v) is 8.23. The van der Waals surface area contributed by atoms with Crippen LogP contribution in [0.3, 0.4) is 0 Å². The number of rotatable bonds is 2. The summed E-state index contributed by atoms with van der Waals surface area (Å²) < 4.78 is 0. The third kappa shape index (κ3) is 1.93. The molecule has 0 saturated carbocycles. The van der Waals surface area contributed by atoms with E-state index in [0.717, 1.165) is 13.0 Å². The Kier molecular flexibility index (Phi) is 2.79. The Morgan fingerprint density at radius 3 is 3.00 bits per heavy atom. The molecule has 1 aliphatic rings. The van der Waals surface area contributed by atoms with Crippen molar-refractivity contribution in [3.05, 3.63) is 35.4 Å². The van der Waals surface area contributed by atoms with Crippen molar-refractivity contribution in [1.82, 2.24) is 5.32 Å². The molecule has 0 aliphatic carbocycles. The molecule has 1 unspecified atom stereocenters. The van der Waals surface area contributed by atoms with Gasteiger partial charge in [0.05, 0.1) is 12.3 Å². The first kappa shape index (κ1) is 9.21. The molecular formula is C11H14N2O. The molecule has 0 spiro atoms. The van der Waals surface area contributed by atoms with Crippen LogP contribution in [0.25, 0.3) is 0 Å². The average molecular weight is 190 g/mol. The van der Waals surface area contributed by atoms with E-state index in [0.29, 0.717) is 6.04 Å². The van der Waals surface area contributed by atoms with Crippen LogP contribution in [0.2, 0.25) is 0 Å². The van der Waals surface area contributed by atoms with E-state index in [4.69, 9.17) is 0 Å². The summed E-state index contributed by atoms with van der Waals surface area (Å²) in [6.45, 7) is 0.913. The molecule has 0 fully saturated rings. The van der Waals surface area contributed by atoms with Gasteiger partial charge in [-0.05, 0) is 17.5 Å². The summed E-state index contributed by atoms with van der Waals surface area (Å²) in [5.74, 6) is 0. The number of fused-ring (bicyclic) bond motifs is 1. The first-order valence-corrected chi connectivity index (χ1v) is 4.77. The molecule has 0 bridgehead atoms. The Morgan fingerprint density at radius 1 is 1.43 bits per heavy atom. The minimum atomic E-state index is 0.296. The second kappa shape index (κ2) is 4.24. The van der Waals surface area contributed by atoms with E-state index >= 15 is 0 Å². The topological polar surface area (TPSA) is 33.6 Å². The lowest BCUT2D eigenvalue weighted by atomic mass is 9.97. The Bertz CT molecular complexity index is 336. The van der Waals surface area contributed by atoms with Crippen LogP contribution in [-0.4, -0.2) is 19.4 Å². The van der Waals surface area contributed by atoms with Crippen LogP contribution in [0.5, 0.6) is 0 Å². The quantitative estimate of drug-likeness (QED) is 0.564. The molecule has 0 radical (unpaired) electrons. The number of nitrogens with zero attached hydrogens (tertiary/aromatic N) is 1. The summed E-state index contributed by atoms with van der Waals surface area (Å²) in [4.78, 5) is 4.66. The van der Waals surface area contributed by atoms with Crippen molar-refractivity contribution in [3.8, 4) is 0 Å². The molecule has 14 heavy (non-hydrogen) atoms. The molecule has 1 aromatic carbocycles. The van der Waals surface area contributed by atoms with E-state index in [9.17, 15) is 0 Å². The molecule has 0 saturated heterocycles. The van der Waals surface area contributed by atoms with Crippen LogP contribution in [0.1, 0.15) is 11.1 Å². The predicted octanol–water partition coefficient (Wildman–Crippen LogP) is 1.33. The molecule has 0 aromatic heterocycles. The van der Waals surface area contributed by atoms with E-state index in [1.54, 1.807) is 7.11 Å². The highest BCUT2D eigenvalue weighted by atomic mass is 16.6. The van der Waals surface area contributed by atoms with E-state index < -0.39 is 0 Å². The van der Waals surface area contributed by atoms with Crippen molar-refractivity contribution >= 4 is 6.21 Å². The molecule has 3 heteroatoms. The highest BCUT2D eigenvalue weighted by Gasteiger charge is 2.15. The monoisotopic (exact) mass is 190 g/mol. The third-order valence-electron chi connectivity index (χ3n) is 2.46. The van der Waals surface area contributed by atoms with Crippen LogP contribution in [-0.2, 0) is 17.8 Å². The molecule has 0 amide bonds. The molecule has 1 aromatic rings. The maximum atomic E-state index is 4.66. The van der Waals surface area contributed by atoms with Gasteiger partial charge in [0.1, 0.15) is 7.11 Å². The fourth-order valence-corrected chi connectivity index (χ4v) is 1.72. The van der Waals surface area contributed by atoms with Gasteiger partial charge in [-0.25, -0.2) is 0 Å². The number of hydrogen-bond acceptors (Lipinski definition) is 3. The van der Waals surface area contributed by atoms with Crippen molar-refractivity contribution in [3.63, 3.8) is 0 Å². The van der Waals surface area contributed by atoms with Crippen molar-refractivity contribution in [2.24, 2.45) is 5.16 Å². The van der Waals surface area contributed by atoms with Crippen molar-refractivity contribution < 1.29 is 4.84 Å². The maximum absolute atomic E-state index is 4.66. The summed E-state index contributed by atoms with van der Waals surface area (Å²) in [5.41, 5.74) is 2.79. The summed E-state index contributed by atoms with van der Waals surface area (Å²) in [5, 5.41) is 7.16. The molecule has 1 heterocycles. The molecule has 1 aliphatic heterocycles. The lowest BCUT2D eigenvalue weighted by molar-refractivity contribution is 0.213. The van der Waals surface area contributed by atoms with Crippen molar-refractivity contribution in [2.45, 2.75) is 19.0 Å². The lowest BCUT2D eigenvalue weighted by Gasteiger charge is -2.22. The van der Waals surface area contributed by atoms with E-state index in [-0.39, 0.29) is 0 Å². The highest BCUT2D eigenvalue weighted by molar-refractivity contribution is 5.65. The SMILES string of the molecule is CO/N=C/C1Cc2ccccc2CN1. The van der Waals surface area contributed by atoms with Crippen LogP contribution in [0.4, 0.5) is 0 Å². The summed E-state index contributed by atoms with van der Waals surface area (Å²) in [6, 6.07) is 8.78. The van der Waals surface area contributed by atoms with Gasteiger partial charge in [-0.15, -0.1) is 0 Å². The van der Waals surface area contributed by atoms with Crippen molar-refractivity contribution in [2.75, 3.05) is 7.11 Å². The van der Waals surface area contributed by atoms with Gasteiger partial charge < -0.3 is 10.2 Å². The number of oxime groups is 1. The molecule has 1 atom stereocenters. The van der Waals surface area contributed by atoms with E-state index in [1.807, 2.05) is 6.21 Å². The number of hydrogen-bond donors (Lipinski definition) is 1. The van der Waals surface area contributed by atoms with Gasteiger partial charge in [0.25, 0.3) is 0 Å². The zero-order valence-electron chi connectivity index (χ0n) is 8.23. The van der Waals surface area contributed by atoms with Gasteiger partial charge in [0.2, 0.25) is 0 Å². The smallest absolute Gasteiger partial charge is 0.106 e. The highest BCUT2D eigenvalue weighted by Crippen LogP contribution is 2.15. The Morgan fingerprint density at radius 2 is 2.21 bits per heavy atom. The number of benzene rings is 1.